The van der Waals surface area contributed by atoms with E-state index in [1.54, 1.807) is 4.90 Å². The summed E-state index contributed by atoms with van der Waals surface area (Å²) in [5, 5.41) is 0.904. The lowest BCUT2D eigenvalue weighted by Gasteiger charge is -2.28. The molecule has 3 aromatic rings. The first-order valence-corrected chi connectivity index (χ1v) is 12.2. The minimum Gasteiger partial charge on any atom is -0.451 e. The molecule has 0 N–H and O–H groups in total. The zero-order valence-electron chi connectivity index (χ0n) is 17.6. The number of para-hydroxylation sites is 1. The molecule has 0 bridgehead atoms. The highest BCUT2D eigenvalue weighted by molar-refractivity contribution is 7.91. The van der Waals surface area contributed by atoms with Crippen molar-refractivity contribution in [2.24, 2.45) is 0 Å². The van der Waals surface area contributed by atoms with Crippen LogP contribution in [0, 0.1) is 6.92 Å². The third-order valence-corrected chi connectivity index (χ3v) is 7.70. The molecule has 0 unspecified atom stereocenters. The molecule has 2 aromatic carbocycles. The summed E-state index contributed by atoms with van der Waals surface area (Å²) >= 11 is 0. The molecule has 1 saturated heterocycles. The molecule has 2 heterocycles. The van der Waals surface area contributed by atoms with Crippen LogP contribution in [0.25, 0.3) is 11.0 Å². The summed E-state index contributed by atoms with van der Waals surface area (Å²) in [6.07, 6.45) is 0.456. The van der Waals surface area contributed by atoms with Crippen LogP contribution in [0.5, 0.6) is 0 Å². The smallest absolute Gasteiger partial charge is 0.290 e. The van der Waals surface area contributed by atoms with Crippen molar-refractivity contribution >= 4 is 26.7 Å². The fourth-order valence-electron chi connectivity index (χ4n) is 4.10. The highest BCUT2D eigenvalue weighted by Gasteiger charge is 2.36. The number of aryl methyl sites for hydroxylation is 1. The van der Waals surface area contributed by atoms with Crippen molar-refractivity contribution in [1.82, 2.24) is 4.90 Å². The number of fused-ring (bicyclic) bond motifs is 1. The lowest BCUT2D eigenvalue weighted by Crippen LogP contribution is -2.40. The second-order valence-corrected chi connectivity index (χ2v) is 10.7. The van der Waals surface area contributed by atoms with Gasteiger partial charge in [0, 0.05) is 23.5 Å². The summed E-state index contributed by atoms with van der Waals surface area (Å²) in [5.74, 6) is 0.586. The monoisotopic (exact) mass is 425 g/mol. The number of benzene rings is 2. The van der Waals surface area contributed by atoms with E-state index in [0.29, 0.717) is 30.2 Å². The second kappa shape index (κ2) is 7.91. The van der Waals surface area contributed by atoms with Crippen LogP contribution in [0.4, 0.5) is 0 Å². The summed E-state index contributed by atoms with van der Waals surface area (Å²) in [7, 11) is -3.13. The third kappa shape index (κ3) is 4.01. The molecule has 1 fully saturated rings. The van der Waals surface area contributed by atoms with Gasteiger partial charge in [0.1, 0.15) is 5.58 Å². The van der Waals surface area contributed by atoms with Gasteiger partial charge in [0.25, 0.3) is 5.91 Å². The Hall–Kier alpha value is -2.60. The van der Waals surface area contributed by atoms with Crippen LogP contribution < -0.4 is 0 Å². The Labute approximate surface area is 177 Å². The van der Waals surface area contributed by atoms with Crippen LogP contribution in [-0.4, -0.2) is 36.8 Å². The van der Waals surface area contributed by atoms with E-state index in [0.717, 1.165) is 16.5 Å². The summed E-state index contributed by atoms with van der Waals surface area (Å²) in [5.41, 5.74) is 3.66. The van der Waals surface area contributed by atoms with Gasteiger partial charge in [-0.1, -0.05) is 56.3 Å². The zero-order valence-corrected chi connectivity index (χ0v) is 18.4. The number of sulfone groups is 1. The van der Waals surface area contributed by atoms with Gasteiger partial charge in [0.15, 0.2) is 15.6 Å². The molecule has 1 aliphatic rings. The Kier molecular flexibility index (Phi) is 5.45. The minimum absolute atomic E-state index is 0.00208. The molecule has 0 saturated carbocycles. The highest BCUT2D eigenvalue weighted by Crippen LogP contribution is 2.29. The number of hydrogen-bond donors (Lipinski definition) is 0. The molecule has 5 nitrogen and oxygen atoms in total. The van der Waals surface area contributed by atoms with Crippen molar-refractivity contribution in [1.29, 1.82) is 0 Å². The van der Waals surface area contributed by atoms with Crippen molar-refractivity contribution in [3.63, 3.8) is 0 Å². The van der Waals surface area contributed by atoms with Crippen LogP contribution in [-0.2, 0) is 16.4 Å². The van der Waals surface area contributed by atoms with E-state index >= 15 is 0 Å². The fraction of sp³-hybridized carbons (Fsp3) is 0.375. The van der Waals surface area contributed by atoms with Gasteiger partial charge in [-0.05, 0) is 36.5 Å². The summed E-state index contributed by atoms with van der Waals surface area (Å²) in [6.45, 7) is 6.51. The Balaban J connectivity index is 1.69. The number of amides is 1. The number of hydrogen-bond acceptors (Lipinski definition) is 4. The van der Waals surface area contributed by atoms with Crippen LogP contribution in [0.15, 0.2) is 52.9 Å². The van der Waals surface area contributed by atoms with Crippen molar-refractivity contribution in [3.05, 3.63) is 71.0 Å². The molecule has 1 aromatic heterocycles. The maximum atomic E-state index is 13.6. The summed E-state index contributed by atoms with van der Waals surface area (Å²) in [6, 6.07) is 15.4. The lowest BCUT2D eigenvalue weighted by molar-refractivity contribution is 0.0649. The molecule has 158 valence electrons. The Morgan fingerprint density at radius 1 is 1.13 bits per heavy atom. The predicted octanol–water partition coefficient (Wildman–Crippen LogP) is 4.69. The fourth-order valence-corrected chi connectivity index (χ4v) is 5.83. The summed E-state index contributed by atoms with van der Waals surface area (Å²) in [4.78, 5) is 15.2. The van der Waals surface area contributed by atoms with E-state index in [1.807, 2.05) is 43.3 Å². The molecule has 1 atom stereocenters. The van der Waals surface area contributed by atoms with Gasteiger partial charge in [-0.15, -0.1) is 0 Å². The van der Waals surface area contributed by atoms with E-state index in [4.69, 9.17) is 4.42 Å². The van der Waals surface area contributed by atoms with E-state index in [-0.39, 0.29) is 23.5 Å². The topological polar surface area (TPSA) is 67.6 Å². The molecule has 30 heavy (non-hydrogen) atoms. The number of furan rings is 1. The van der Waals surface area contributed by atoms with E-state index in [9.17, 15) is 13.2 Å². The average Bonchev–Trinajstić information content (AvgIpc) is 3.25. The molecular formula is C24H27NO4S. The molecule has 1 aliphatic heterocycles. The Morgan fingerprint density at radius 2 is 1.83 bits per heavy atom. The molecule has 6 heteroatoms. The number of nitrogens with zero attached hydrogens (tertiary/aromatic N) is 1. The van der Waals surface area contributed by atoms with Gasteiger partial charge in [-0.25, -0.2) is 8.42 Å². The van der Waals surface area contributed by atoms with Crippen LogP contribution >= 0.6 is 0 Å². The molecule has 4 rings (SSSR count). The van der Waals surface area contributed by atoms with Crippen LogP contribution in [0.2, 0.25) is 0 Å². The van der Waals surface area contributed by atoms with Crippen molar-refractivity contribution in [3.8, 4) is 0 Å². The van der Waals surface area contributed by atoms with Gasteiger partial charge < -0.3 is 9.32 Å². The van der Waals surface area contributed by atoms with Gasteiger partial charge >= 0.3 is 0 Å². The van der Waals surface area contributed by atoms with Gasteiger partial charge in [-0.2, -0.15) is 0 Å². The van der Waals surface area contributed by atoms with Crippen molar-refractivity contribution < 1.29 is 17.6 Å². The first-order valence-electron chi connectivity index (χ1n) is 10.3. The molecular weight excluding hydrogens is 398 g/mol. The molecule has 0 spiro atoms. The first-order chi connectivity index (χ1) is 14.2. The molecule has 1 amide bonds. The average molecular weight is 426 g/mol. The predicted molar refractivity (Wildman–Crippen MR) is 118 cm³/mol. The zero-order chi connectivity index (χ0) is 21.5. The number of carbonyl (C=O) groups is 1. The van der Waals surface area contributed by atoms with Gasteiger partial charge in [0.05, 0.1) is 11.5 Å². The maximum absolute atomic E-state index is 13.6. The minimum atomic E-state index is -3.13. The molecule has 0 radical (unpaired) electrons. The third-order valence-electron chi connectivity index (χ3n) is 5.95. The summed E-state index contributed by atoms with van der Waals surface area (Å²) < 4.78 is 30.1. The van der Waals surface area contributed by atoms with E-state index < -0.39 is 9.84 Å². The largest absolute Gasteiger partial charge is 0.451 e. The van der Waals surface area contributed by atoms with E-state index in [2.05, 4.69) is 26.0 Å². The SMILES string of the molecule is Cc1c(C(=O)N(Cc2ccc(C(C)C)cc2)[C@@H]2CCS(=O)(=O)C2)oc2ccccc12. The Bertz CT molecular complexity index is 1180. The Morgan fingerprint density at radius 3 is 2.43 bits per heavy atom. The number of rotatable bonds is 5. The number of carbonyl (C=O) groups excluding carboxylic acids is 1. The highest BCUT2D eigenvalue weighted by atomic mass is 32.2. The quantitative estimate of drug-likeness (QED) is 0.595. The van der Waals surface area contributed by atoms with Crippen molar-refractivity contribution in [2.45, 2.75) is 45.7 Å². The van der Waals surface area contributed by atoms with Gasteiger partial charge in [-0.3, -0.25) is 4.79 Å². The maximum Gasteiger partial charge on any atom is 0.290 e. The van der Waals surface area contributed by atoms with Gasteiger partial charge in [0.2, 0.25) is 0 Å². The normalized spacial score (nSPS) is 18.2. The van der Waals surface area contributed by atoms with Crippen molar-refractivity contribution in [2.75, 3.05) is 11.5 Å². The first kappa shape index (κ1) is 20.7. The van der Waals surface area contributed by atoms with Crippen LogP contribution in [0.1, 0.15) is 53.4 Å². The second-order valence-electron chi connectivity index (χ2n) is 8.44. The molecule has 0 aliphatic carbocycles. The lowest BCUT2D eigenvalue weighted by atomic mass is 10.0. The van der Waals surface area contributed by atoms with Crippen LogP contribution in [0.3, 0.4) is 0 Å². The van der Waals surface area contributed by atoms with E-state index in [1.165, 1.54) is 5.56 Å². The standard InChI is InChI=1S/C24H27NO4S/c1-16(2)19-10-8-18(9-11-19)14-25(20-12-13-30(27,28)15-20)24(26)23-17(3)21-6-4-5-7-22(21)29-23/h4-11,16,20H,12-15H2,1-3H3/t20-/m1/s1.